The highest BCUT2D eigenvalue weighted by molar-refractivity contribution is 7.99. The van der Waals surface area contributed by atoms with Gasteiger partial charge in [0.25, 0.3) is 0 Å². The summed E-state index contributed by atoms with van der Waals surface area (Å²) in [5.41, 5.74) is -0.487. The molecule has 1 fully saturated rings. The molecule has 1 aliphatic heterocycles. The monoisotopic (exact) mass is 283 g/mol. The van der Waals surface area contributed by atoms with Crippen molar-refractivity contribution in [1.29, 1.82) is 0 Å². The van der Waals surface area contributed by atoms with Crippen LogP contribution in [0.3, 0.4) is 0 Å². The number of aliphatic hydroxyl groups is 1. The van der Waals surface area contributed by atoms with Crippen LogP contribution in [-0.2, 0) is 0 Å². The molecule has 0 amide bonds. The molecule has 0 aliphatic carbocycles. The molecule has 19 heavy (non-hydrogen) atoms. The third-order valence-electron chi connectivity index (χ3n) is 3.65. The van der Waals surface area contributed by atoms with Crippen LogP contribution in [0.1, 0.15) is 26.2 Å². The zero-order valence-corrected chi connectivity index (χ0v) is 12.3. The van der Waals surface area contributed by atoms with Crippen LogP contribution in [0.2, 0.25) is 0 Å². The summed E-state index contributed by atoms with van der Waals surface area (Å²) >= 11 is 1.76. The van der Waals surface area contributed by atoms with Gasteiger partial charge in [0.2, 0.25) is 0 Å². The molecule has 1 aromatic carbocycles. The first kappa shape index (κ1) is 14.8. The molecule has 1 aliphatic rings. The highest BCUT2D eigenvalue weighted by Crippen LogP contribution is 2.22. The van der Waals surface area contributed by atoms with Crippen molar-refractivity contribution in [3.05, 3.63) is 30.1 Å². The minimum Gasteiger partial charge on any atom is -0.390 e. The topological polar surface area (TPSA) is 23.5 Å². The van der Waals surface area contributed by atoms with E-state index in [9.17, 15) is 9.50 Å². The molecule has 4 heteroatoms. The second-order valence-corrected chi connectivity index (χ2v) is 6.66. The van der Waals surface area contributed by atoms with Crippen molar-refractivity contribution in [3.8, 4) is 0 Å². The van der Waals surface area contributed by atoms with Gasteiger partial charge in [-0.15, -0.1) is 11.8 Å². The zero-order valence-electron chi connectivity index (χ0n) is 11.4. The summed E-state index contributed by atoms with van der Waals surface area (Å²) in [6.07, 6.45) is 2.82. The summed E-state index contributed by atoms with van der Waals surface area (Å²) < 4.78 is 12.8. The van der Waals surface area contributed by atoms with Gasteiger partial charge in [-0.1, -0.05) is 0 Å². The predicted octanol–water partition coefficient (Wildman–Crippen LogP) is 3.15. The first-order valence-electron chi connectivity index (χ1n) is 6.88. The molecule has 0 saturated carbocycles. The number of hydrogen-bond acceptors (Lipinski definition) is 3. The molecule has 1 unspecified atom stereocenters. The fourth-order valence-corrected chi connectivity index (χ4v) is 3.28. The molecular weight excluding hydrogens is 261 g/mol. The molecule has 0 bridgehead atoms. The lowest BCUT2D eigenvalue weighted by atomic mass is 9.98. The Kier molecular flexibility index (Phi) is 5.25. The van der Waals surface area contributed by atoms with E-state index in [0.29, 0.717) is 0 Å². The Labute approximate surface area is 119 Å². The first-order valence-corrected chi connectivity index (χ1v) is 7.87. The summed E-state index contributed by atoms with van der Waals surface area (Å²) in [6, 6.07) is 6.66. The summed E-state index contributed by atoms with van der Waals surface area (Å²) in [6.45, 7) is 5.00. The molecule has 1 saturated heterocycles. The lowest BCUT2D eigenvalue weighted by Gasteiger charge is -2.22. The van der Waals surface area contributed by atoms with Gasteiger partial charge in [-0.05, 0) is 57.0 Å². The van der Waals surface area contributed by atoms with Gasteiger partial charge in [0.1, 0.15) is 5.82 Å². The summed E-state index contributed by atoms with van der Waals surface area (Å²) in [5, 5.41) is 10.0. The average Bonchev–Trinajstić information content (AvgIpc) is 2.53. The van der Waals surface area contributed by atoms with E-state index in [1.54, 1.807) is 11.8 Å². The van der Waals surface area contributed by atoms with Gasteiger partial charge in [-0.25, -0.2) is 4.39 Å². The smallest absolute Gasteiger partial charge is 0.123 e. The van der Waals surface area contributed by atoms with Crippen molar-refractivity contribution in [2.24, 2.45) is 0 Å². The Morgan fingerprint density at radius 1 is 1.26 bits per heavy atom. The molecule has 2 rings (SSSR count). The van der Waals surface area contributed by atoms with Gasteiger partial charge in [0.05, 0.1) is 5.60 Å². The van der Waals surface area contributed by atoms with Crippen molar-refractivity contribution < 1.29 is 9.50 Å². The molecular formula is C15H22FNOS. The molecule has 2 nitrogen and oxygen atoms in total. The van der Waals surface area contributed by atoms with Gasteiger partial charge in [0.15, 0.2) is 0 Å². The second-order valence-electron chi connectivity index (χ2n) is 5.49. The fourth-order valence-electron chi connectivity index (χ4n) is 2.37. The Hall–Kier alpha value is -0.580. The van der Waals surface area contributed by atoms with Crippen molar-refractivity contribution >= 4 is 11.8 Å². The molecule has 106 valence electrons. The molecule has 1 N–H and O–H groups in total. The predicted molar refractivity (Wildman–Crippen MR) is 78.0 cm³/mol. The third-order valence-corrected chi connectivity index (χ3v) is 4.64. The second kappa shape index (κ2) is 6.73. The number of benzene rings is 1. The molecule has 1 heterocycles. The molecule has 0 aromatic heterocycles. The summed E-state index contributed by atoms with van der Waals surface area (Å²) in [7, 11) is 0. The maximum absolute atomic E-state index is 12.8. The number of rotatable bonds is 4. The highest BCUT2D eigenvalue weighted by Gasteiger charge is 2.24. The molecule has 0 radical (unpaired) electrons. The standard InChI is InChI=1S/C15H22FNOS/c1-15(18)7-2-9-17(10-8-15)11-12-19-14-5-3-13(16)4-6-14/h3-6,18H,2,7-12H2,1H3. The van der Waals surface area contributed by atoms with Crippen LogP contribution in [0.4, 0.5) is 4.39 Å². The third kappa shape index (κ3) is 5.13. The Balaban J connectivity index is 1.72. The van der Waals surface area contributed by atoms with Gasteiger partial charge in [0, 0.05) is 23.7 Å². The lowest BCUT2D eigenvalue weighted by molar-refractivity contribution is 0.0449. The van der Waals surface area contributed by atoms with Crippen LogP contribution in [0, 0.1) is 5.82 Å². The number of thioether (sulfide) groups is 1. The van der Waals surface area contributed by atoms with Gasteiger partial charge in [-0.2, -0.15) is 0 Å². The maximum Gasteiger partial charge on any atom is 0.123 e. The van der Waals surface area contributed by atoms with Crippen molar-refractivity contribution in [2.45, 2.75) is 36.7 Å². The maximum atomic E-state index is 12.8. The van der Waals surface area contributed by atoms with E-state index in [1.165, 1.54) is 12.1 Å². The van der Waals surface area contributed by atoms with E-state index in [-0.39, 0.29) is 5.82 Å². The number of hydrogen-bond donors (Lipinski definition) is 1. The van der Waals surface area contributed by atoms with Crippen LogP contribution in [0.5, 0.6) is 0 Å². The van der Waals surface area contributed by atoms with E-state index in [1.807, 2.05) is 19.1 Å². The van der Waals surface area contributed by atoms with Gasteiger partial charge < -0.3 is 10.0 Å². The number of likely N-dealkylation sites (tertiary alicyclic amines) is 1. The van der Waals surface area contributed by atoms with Crippen LogP contribution >= 0.6 is 11.8 Å². The minimum atomic E-state index is -0.487. The van der Waals surface area contributed by atoms with Crippen molar-refractivity contribution in [1.82, 2.24) is 4.90 Å². The summed E-state index contributed by atoms with van der Waals surface area (Å²) in [5.74, 6) is 0.826. The van der Waals surface area contributed by atoms with Crippen molar-refractivity contribution in [3.63, 3.8) is 0 Å². The van der Waals surface area contributed by atoms with E-state index >= 15 is 0 Å². The van der Waals surface area contributed by atoms with E-state index in [4.69, 9.17) is 0 Å². The van der Waals surface area contributed by atoms with Gasteiger partial charge >= 0.3 is 0 Å². The normalized spacial score (nSPS) is 25.2. The quantitative estimate of drug-likeness (QED) is 0.859. The molecule has 0 spiro atoms. The SMILES string of the molecule is CC1(O)CCCN(CCSc2ccc(F)cc2)CC1. The first-order chi connectivity index (χ1) is 9.05. The Morgan fingerprint density at radius 3 is 2.74 bits per heavy atom. The molecule has 1 aromatic rings. The molecule has 1 atom stereocenters. The number of halogens is 1. The summed E-state index contributed by atoms with van der Waals surface area (Å²) in [4.78, 5) is 3.53. The van der Waals surface area contributed by atoms with Crippen LogP contribution < -0.4 is 0 Å². The van der Waals surface area contributed by atoms with Crippen LogP contribution in [-0.4, -0.2) is 41.0 Å². The largest absolute Gasteiger partial charge is 0.390 e. The van der Waals surface area contributed by atoms with E-state index < -0.39 is 5.60 Å². The van der Waals surface area contributed by atoms with Crippen molar-refractivity contribution in [2.75, 3.05) is 25.4 Å². The van der Waals surface area contributed by atoms with E-state index in [2.05, 4.69) is 4.90 Å². The highest BCUT2D eigenvalue weighted by atomic mass is 32.2. The Bertz CT molecular complexity index is 394. The van der Waals surface area contributed by atoms with E-state index in [0.717, 1.165) is 49.5 Å². The lowest BCUT2D eigenvalue weighted by Crippen LogP contribution is -2.29. The van der Waals surface area contributed by atoms with Crippen LogP contribution in [0.15, 0.2) is 29.2 Å². The van der Waals surface area contributed by atoms with Gasteiger partial charge in [-0.3, -0.25) is 0 Å². The van der Waals surface area contributed by atoms with Crippen LogP contribution in [0.25, 0.3) is 0 Å². The average molecular weight is 283 g/mol. The zero-order chi connectivity index (χ0) is 13.7. The fraction of sp³-hybridized carbons (Fsp3) is 0.600. The number of nitrogens with zero attached hydrogens (tertiary/aromatic N) is 1. The minimum absolute atomic E-state index is 0.181. The Morgan fingerprint density at radius 2 is 2.00 bits per heavy atom.